The molecule has 0 radical (unpaired) electrons. The summed E-state index contributed by atoms with van der Waals surface area (Å²) < 4.78 is 32.2. The van der Waals surface area contributed by atoms with E-state index in [1.54, 1.807) is 18.2 Å². The molecule has 6 nitrogen and oxygen atoms in total. The Balaban J connectivity index is 1.74. The maximum atomic E-state index is 12.1. The van der Waals surface area contributed by atoms with E-state index in [-0.39, 0.29) is 4.90 Å². The second-order valence-corrected chi connectivity index (χ2v) is 10.8. The number of benzene rings is 3. The van der Waals surface area contributed by atoms with Crippen LogP contribution in [0.25, 0.3) is 39.4 Å². The van der Waals surface area contributed by atoms with Crippen LogP contribution in [0.2, 0.25) is 5.02 Å². The van der Waals surface area contributed by atoms with Gasteiger partial charge in [0.1, 0.15) is 11.5 Å². The summed E-state index contributed by atoms with van der Waals surface area (Å²) in [5, 5.41) is 0.636. The number of sulfone groups is 1. The van der Waals surface area contributed by atoms with E-state index in [1.165, 1.54) is 12.6 Å². The van der Waals surface area contributed by atoms with Crippen LogP contribution in [-0.4, -0.2) is 29.2 Å². The van der Waals surface area contributed by atoms with Crippen LogP contribution < -0.4 is 0 Å². The Kier molecular flexibility index (Phi) is 5.83. The van der Waals surface area contributed by atoms with Gasteiger partial charge in [-0.25, -0.2) is 18.4 Å². The summed E-state index contributed by atoms with van der Waals surface area (Å²) in [4.78, 5) is 9.31. The van der Waals surface area contributed by atoms with Crippen molar-refractivity contribution in [1.82, 2.24) is 14.5 Å². The van der Waals surface area contributed by atoms with Crippen molar-refractivity contribution in [2.45, 2.75) is 18.7 Å². The molecule has 176 valence electrons. The van der Waals surface area contributed by atoms with Gasteiger partial charge in [-0.15, -0.1) is 0 Å². The van der Waals surface area contributed by atoms with Crippen LogP contribution in [-0.2, 0) is 9.84 Å². The molecule has 0 atom stereocenters. The number of hydrogen-bond acceptors (Lipinski definition) is 5. The SMILES string of the molecule is Cc1cn(-c2ccc(-c3cccc(S(C)(=O)=O)c3)cc2-c2ocnc2-c2ccc(Cl)cc2)c(C)n1. The van der Waals surface area contributed by atoms with Gasteiger partial charge in [-0.3, -0.25) is 0 Å². The molecule has 0 aliphatic rings. The molecule has 0 aliphatic heterocycles. The predicted molar refractivity (Wildman–Crippen MR) is 138 cm³/mol. The normalized spacial score (nSPS) is 11.7. The molecule has 3 aromatic carbocycles. The molecule has 0 aliphatic carbocycles. The minimum atomic E-state index is -3.34. The number of rotatable bonds is 5. The Bertz CT molecular complexity index is 1650. The molecule has 0 saturated carbocycles. The van der Waals surface area contributed by atoms with Gasteiger partial charge in [0.25, 0.3) is 0 Å². The van der Waals surface area contributed by atoms with Crippen molar-refractivity contribution in [1.29, 1.82) is 0 Å². The lowest BCUT2D eigenvalue weighted by Gasteiger charge is -2.14. The van der Waals surface area contributed by atoms with Crippen LogP contribution in [0.4, 0.5) is 0 Å². The van der Waals surface area contributed by atoms with Gasteiger partial charge in [-0.2, -0.15) is 0 Å². The van der Waals surface area contributed by atoms with Gasteiger partial charge in [-0.1, -0.05) is 41.9 Å². The van der Waals surface area contributed by atoms with Crippen LogP contribution in [0.5, 0.6) is 0 Å². The number of aromatic nitrogens is 3. The maximum Gasteiger partial charge on any atom is 0.182 e. The number of halogens is 1. The number of oxazole rings is 1. The Morgan fingerprint density at radius 3 is 2.31 bits per heavy atom. The first-order chi connectivity index (χ1) is 16.7. The second-order valence-electron chi connectivity index (χ2n) is 8.37. The number of aryl methyl sites for hydroxylation is 2. The molecular formula is C27H22ClN3O3S. The third-order valence-corrected chi connectivity index (χ3v) is 7.15. The molecule has 5 aromatic rings. The van der Waals surface area contributed by atoms with Crippen molar-refractivity contribution in [2.24, 2.45) is 0 Å². The lowest BCUT2D eigenvalue weighted by atomic mass is 9.98. The van der Waals surface area contributed by atoms with Gasteiger partial charge in [0, 0.05) is 28.6 Å². The highest BCUT2D eigenvalue weighted by atomic mass is 35.5. The molecule has 0 amide bonds. The zero-order valence-electron chi connectivity index (χ0n) is 19.4. The van der Waals surface area contributed by atoms with E-state index < -0.39 is 9.84 Å². The molecule has 0 bridgehead atoms. The summed E-state index contributed by atoms with van der Waals surface area (Å²) in [6.07, 6.45) is 4.60. The zero-order chi connectivity index (χ0) is 24.7. The van der Waals surface area contributed by atoms with Crippen molar-refractivity contribution in [2.75, 3.05) is 6.26 Å². The summed E-state index contributed by atoms with van der Waals surface area (Å²) in [5.74, 6) is 1.43. The fourth-order valence-corrected chi connectivity index (χ4v) is 4.92. The summed E-state index contributed by atoms with van der Waals surface area (Å²) in [6, 6.07) is 20.3. The third-order valence-electron chi connectivity index (χ3n) is 5.78. The van der Waals surface area contributed by atoms with Crippen molar-refractivity contribution in [3.05, 3.63) is 95.9 Å². The maximum absolute atomic E-state index is 12.1. The number of nitrogens with zero attached hydrogens (tertiary/aromatic N) is 3. The highest BCUT2D eigenvalue weighted by Crippen LogP contribution is 2.38. The van der Waals surface area contributed by atoms with Gasteiger partial charge < -0.3 is 8.98 Å². The van der Waals surface area contributed by atoms with Gasteiger partial charge >= 0.3 is 0 Å². The number of hydrogen-bond donors (Lipinski definition) is 0. The number of imidazole rings is 1. The first kappa shape index (κ1) is 23.1. The standard InChI is InChI=1S/C27H22ClN3O3S/c1-17-15-31(18(2)30-17)25-12-9-21(20-5-4-6-23(13-20)35(3,32)33)14-24(25)27-26(29-16-34-27)19-7-10-22(28)11-8-19/h4-16H,1-3H3. The van der Waals surface area contributed by atoms with Gasteiger partial charge in [0.15, 0.2) is 22.0 Å². The van der Waals surface area contributed by atoms with Gasteiger partial charge in [-0.05, 0) is 61.4 Å². The Labute approximate surface area is 208 Å². The van der Waals surface area contributed by atoms with Crippen LogP contribution >= 0.6 is 11.6 Å². The lowest BCUT2D eigenvalue weighted by molar-refractivity contribution is 0.572. The monoisotopic (exact) mass is 503 g/mol. The molecule has 0 N–H and O–H groups in total. The second kappa shape index (κ2) is 8.83. The van der Waals surface area contributed by atoms with Crippen LogP contribution in [0, 0.1) is 13.8 Å². The molecular weight excluding hydrogens is 482 g/mol. The molecule has 0 saturated heterocycles. The fourth-order valence-electron chi connectivity index (χ4n) is 4.13. The van der Waals surface area contributed by atoms with E-state index in [4.69, 9.17) is 16.0 Å². The molecule has 5 rings (SSSR count). The van der Waals surface area contributed by atoms with E-state index in [0.29, 0.717) is 16.5 Å². The first-order valence-corrected chi connectivity index (χ1v) is 13.1. The molecule has 2 heterocycles. The van der Waals surface area contributed by atoms with Crippen molar-refractivity contribution in [3.8, 4) is 39.4 Å². The molecule has 8 heteroatoms. The zero-order valence-corrected chi connectivity index (χ0v) is 20.9. The van der Waals surface area contributed by atoms with Crippen LogP contribution in [0.15, 0.2) is 88.6 Å². The highest BCUT2D eigenvalue weighted by Gasteiger charge is 2.20. The molecule has 2 aromatic heterocycles. The summed E-state index contributed by atoms with van der Waals surface area (Å²) in [5.41, 5.74) is 5.75. The van der Waals surface area contributed by atoms with Crippen LogP contribution in [0.1, 0.15) is 11.5 Å². The summed E-state index contributed by atoms with van der Waals surface area (Å²) in [6.45, 7) is 3.89. The van der Waals surface area contributed by atoms with Crippen molar-refractivity contribution in [3.63, 3.8) is 0 Å². The first-order valence-electron chi connectivity index (χ1n) is 10.9. The molecule has 0 unspecified atom stereocenters. The quantitative estimate of drug-likeness (QED) is 0.272. The topological polar surface area (TPSA) is 78.0 Å². The Morgan fingerprint density at radius 1 is 0.914 bits per heavy atom. The Morgan fingerprint density at radius 2 is 1.63 bits per heavy atom. The summed E-state index contributed by atoms with van der Waals surface area (Å²) in [7, 11) is -3.34. The molecule has 35 heavy (non-hydrogen) atoms. The fraction of sp³-hybridized carbons (Fsp3) is 0.111. The van der Waals surface area contributed by atoms with E-state index in [9.17, 15) is 8.42 Å². The predicted octanol–water partition coefficient (Wildman–Crippen LogP) is 6.54. The minimum absolute atomic E-state index is 0.267. The molecule has 0 fully saturated rings. The van der Waals surface area contributed by atoms with Crippen molar-refractivity contribution < 1.29 is 12.8 Å². The average Bonchev–Trinajstić information content (AvgIpc) is 3.45. The third kappa shape index (κ3) is 4.52. The van der Waals surface area contributed by atoms with Gasteiger partial charge in [0.2, 0.25) is 0 Å². The van der Waals surface area contributed by atoms with E-state index in [1.807, 2.05) is 73.1 Å². The smallest absolute Gasteiger partial charge is 0.182 e. The van der Waals surface area contributed by atoms with Gasteiger partial charge in [0.05, 0.1) is 16.3 Å². The minimum Gasteiger partial charge on any atom is -0.443 e. The van der Waals surface area contributed by atoms with Crippen molar-refractivity contribution >= 4 is 21.4 Å². The van der Waals surface area contributed by atoms with E-state index >= 15 is 0 Å². The average molecular weight is 504 g/mol. The van der Waals surface area contributed by atoms with Crippen LogP contribution in [0.3, 0.4) is 0 Å². The lowest BCUT2D eigenvalue weighted by Crippen LogP contribution is -2.00. The van der Waals surface area contributed by atoms with E-state index in [0.717, 1.165) is 39.5 Å². The largest absolute Gasteiger partial charge is 0.443 e. The van der Waals surface area contributed by atoms with E-state index in [2.05, 4.69) is 9.97 Å². The summed E-state index contributed by atoms with van der Waals surface area (Å²) >= 11 is 6.09. The highest BCUT2D eigenvalue weighted by molar-refractivity contribution is 7.90. The Hall–Kier alpha value is -3.68. The molecule has 0 spiro atoms.